The van der Waals surface area contributed by atoms with E-state index in [0.29, 0.717) is 28.2 Å². The fraction of sp³-hybridized carbons (Fsp3) is 0.296. The molecule has 4 aromatic rings. The van der Waals surface area contributed by atoms with Crippen LogP contribution in [0.2, 0.25) is 0 Å². The number of nitrogens with zero attached hydrogens (tertiary/aromatic N) is 3. The van der Waals surface area contributed by atoms with Crippen molar-refractivity contribution in [1.29, 1.82) is 0 Å². The molecule has 0 saturated carbocycles. The number of methoxy groups -OCH3 is 1. The van der Waals surface area contributed by atoms with Gasteiger partial charge in [-0.05, 0) is 63.6 Å². The summed E-state index contributed by atoms with van der Waals surface area (Å²) in [6.45, 7) is 8.60. The summed E-state index contributed by atoms with van der Waals surface area (Å²) in [6.07, 6.45) is 0. The highest BCUT2D eigenvalue weighted by molar-refractivity contribution is 7.99. The van der Waals surface area contributed by atoms with E-state index in [-0.39, 0.29) is 23.1 Å². The van der Waals surface area contributed by atoms with E-state index in [9.17, 15) is 9.59 Å². The Morgan fingerprint density at radius 3 is 2.59 bits per heavy atom. The van der Waals surface area contributed by atoms with Crippen LogP contribution in [0.4, 0.5) is 0 Å². The minimum absolute atomic E-state index is 0.00664. The van der Waals surface area contributed by atoms with Crippen LogP contribution in [-0.4, -0.2) is 39.4 Å². The number of hydrogen-bond acceptors (Lipinski definition) is 5. The molecule has 0 spiro atoms. The van der Waals surface area contributed by atoms with Gasteiger partial charge in [-0.2, -0.15) is 0 Å². The predicted molar refractivity (Wildman–Crippen MR) is 138 cm³/mol. The molecule has 0 N–H and O–H groups in total. The van der Waals surface area contributed by atoms with Crippen molar-refractivity contribution in [3.8, 4) is 5.69 Å². The number of carbonyl (C=O) groups is 1. The molecule has 2 heterocycles. The molecule has 34 heavy (non-hydrogen) atoms. The highest BCUT2D eigenvalue weighted by Crippen LogP contribution is 2.26. The van der Waals surface area contributed by atoms with E-state index in [1.165, 1.54) is 11.8 Å². The van der Waals surface area contributed by atoms with Crippen molar-refractivity contribution in [2.24, 2.45) is 0 Å². The Kier molecular flexibility index (Phi) is 7.05. The largest absolute Gasteiger partial charge is 0.383 e. The molecule has 0 amide bonds. The van der Waals surface area contributed by atoms with E-state index < -0.39 is 0 Å². The highest BCUT2D eigenvalue weighted by atomic mass is 32.2. The smallest absolute Gasteiger partial charge is 0.266 e. The van der Waals surface area contributed by atoms with E-state index in [2.05, 4.69) is 11.5 Å². The van der Waals surface area contributed by atoms with Crippen molar-refractivity contribution >= 4 is 28.4 Å². The molecule has 0 fully saturated rings. The van der Waals surface area contributed by atoms with Crippen molar-refractivity contribution in [2.45, 2.75) is 38.9 Å². The number of fused-ring (bicyclic) bond motifs is 1. The average Bonchev–Trinajstić information content (AvgIpc) is 3.11. The molecular formula is C27H29N3O3S. The Bertz CT molecular complexity index is 1420. The monoisotopic (exact) mass is 475 g/mol. The quantitative estimate of drug-likeness (QED) is 0.197. The molecular weight excluding hydrogens is 446 g/mol. The van der Waals surface area contributed by atoms with Crippen molar-refractivity contribution in [3.05, 3.63) is 87.5 Å². The van der Waals surface area contributed by atoms with Gasteiger partial charge >= 0.3 is 0 Å². The van der Waals surface area contributed by atoms with Crippen LogP contribution in [0.15, 0.2) is 64.5 Å². The van der Waals surface area contributed by atoms with Crippen LogP contribution in [0.3, 0.4) is 0 Å². The number of carbonyl (C=O) groups excluding carboxylic acids is 1. The molecule has 0 aliphatic rings. The maximum Gasteiger partial charge on any atom is 0.266 e. The van der Waals surface area contributed by atoms with E-state index in [1.807, 2.05) is 69.3 Å². The molecule has 7 heteroatoms. The Morgan fingerprint density at radius 2 is 1.85 bits per heavy atom. The van der Waals surface area contributed by atoms with Crippen molar-refractivity contribution in [3.63, 3.8) is 0 Å². The van der Waals surface area contributed by atoms with Gasteiger partial charge in [-0.25, -0.2) is 4.98 Å². The van der Waals surface area contributed by atoms with Gasteiger partial charge in [-0.15, -0.1) is 0 Å². The van der Waals surface area contributed by atoms with Crippen LogP contribution >= 0.6 is 11.8 Å². The summed E-state index contributed by atoms with van der Waals surface area (Å²) in [5.74, 6) is 0.187. The summed E-state index contributed by atoms with van der Waals surface area (Å²) in [4.78, 5) is 31.4. The van der Waals surface area contributed by atoms with E-state index in [1.54, 1.807) is 17.7 Å². The van der Waals surface area contributed by atoms with Gasteiger partial charge in [0.25, 0.3) is 5.56 Å². The van der Waals surface area contributed by atoms with Crippen LogP contribution in [-0.2, 0) is 4.74 Å². The van der Waals surface area contributed by atoms with Crippen LogP contribution in [0.25, 0.3) is 16.6 Å². The average molecular weight is 476 g/mol. The molecule has 6 nitrogen and oxygen atoms in total. The number of benzene rings is 2. The van der Waals surface area contributed by atoms with Crippen LogP contribution in [0.5, 0.6) is 0 Å². The topological polar surface area (TPSA) is 66.1 Å². The highest BCUT2D eigenvalue weighted by Gasteiger charge is 2.20. The standard InChI is InChI=1S/C27H29N3O3S/c1-17-9-8-10-21(13-17)30-26(32)22-11-6-7-12-24(22)28-27(30)34-16-25(31)23-14-18(2)29(20(23)4)19(3)15-33-5/h6-14,19H,15-16H2,1-5H3. The second-order valence-electron chi connectivity index (χ2n) is 8.56. The predicted octanol–water partition coefficient (Wildman–Crippen LogP) is 5.29. The van der Waals surface area contributed by atoms with E-state index in [0.717, 1.165) is 22.6 Å². The molecule has 2 aromatic carbocycles. The first-order valence-electron chi connectivity index (χ1n) is 11.2. The second kappa shape index (κ2) is 9.99. The number of ketones is 1. The normalized spacial score (nSPS) is 12.3. The summed E-state index contributed by atoms with van der Waals surface area (Å²) in [5.41, 5.74) is 4.91. The minimum Gasteiger partial charge on any atom is -0.383 e. The summed E-state index contributed by atoms with van der Waals surface area (Å²) in [6, 6.07) is 17.1. The van der Waals surface area contributed by atoms with Gasteiger partial charge in [0, 0.05) is 24.1 Å². The number of Topliss-reactive ketones (excluding diaryl/α,β-unsaturated/α-hetero) is 1. The Morgan fingerprint density at radius 1 is 1.09 bits per heavy atom. The lowest BCUT2D eigenvalue weighted by molar-refractivity contribution is 0.102. The molecule has 0 aliphatic carbocycles. The fourth-order valence-corrected chi connectivity index (χ4v) is 5.36. The lowest BCUT2D eigenvalue weighted by Gasteiger charge is -2.17. The zero-order chi connectivity index (χ0) is 24.4. The third-order valence-corrected chi connectivity index (χ3v) is 6.91. The first kappa shape index (κ1) is 24.0. The van der Waals surface area contributed by atoms with E-state index >= 15 is 0 Å². The van der Waals surface area contributed by atoms with Crippen molar-refractivity contribution in [2.75, 3.05) is 19.5 Å². The van der Waals surface area contributed by atoms with Crippen LogP contribution < -0.4 is 5.56 Å². The van der Waals surface area contributed by atoms with Gasteiger partial charge < -0.3 is 9.30 Å². The molecule has 0 bridgehead atoms. The summed E-state index contributed by atoms with van der Waals surface area (Å²) in [7, 11) is 1.68. The summed E-state index contributed by atoms with van der Waals surface area (Å²) >= 11 is 1.29. The van der Waals surface area contributed by atoms with Gasteiger partial charge in [0.1, 0.15) is 0 Å². The third kappa shape index (κ3) is 4.58. The first-order valence-corrected chi connectivity index (χ1v) is 12.2. The molecule has 1 atom stereocenters. The maximum absolute atomic E-state index is 13.4. The lowest BCUT2D eigenvalue weighted by atomic mass is 10.2. The number of rotatable bonds is 8. The zero-order valence-electron chi connectivity index (χ0n) is 20.2. The SMILES string of the molecule is COCC(C)n1c(C)cc(C(=O)CSc2nc3ccccc3c(=O)n2-c2cccc(C)c2)c1C. The molecule has 4 rings (SSSR count). The molecule has 0 saturated heterocycles. The number of hydrogen-bond donors (Lipinski definition) is 0. The number of aromatic nitrogens is 3. The molecule has 1 unspecified atom stereocenters. The van der Waals surface area contributed by atoms with E-state index in [4.69, 9.17) is 9.72 Å². The van der Waals surface area contributed by atoms with Gasteiger partial charge in [-0.1, -0.05) is 36.0 Å². The zero-order valence-corrected chi connectivity index (χ0v) is 21.0. The number of ether oxygens (including phenoxy) is 1. The van der Waals surface area contributed by atoms with Crippen LogP contribution in [0, 0.1) is 20.8 Å². The third-order valence-electron chi connectivity index (χ3n) is 5.97. The minimum atomic E-state index is -0.141. The first-order chi connectivity index (χ1) is 16.3. The summed E-state index contributed by atoms with van der Waals surface area (Å²) in [5, 5.41) is 1.06. The Balaban J connectivity index is 1.71. The molecule has 2 aromatic heterocycles. The molecule has 0 radical (unpaired) electrons. The van der Waals surface area contributed by atoms with Crippen LogP contribution in [0.1, 0.15) is 40.3 Å². The van der Waals surface area contributed by atoms with Gasteiger partial charge in [-0.3, -0.25) is 14.2 Å². The molecule has 0 aliphatic heterocycles. The summed E-state index contributed by atoms with van der Waals surface area (Å²) < 4.78 is 9.05. The lowest BCUT2D eigenvalue weighted by Crippen LogP contribution is -2.22. The van der Waals surface area contributed by atoms with Gasteiger partial charge in [0.2, 0.25) is 0 Å². The number of thioether (sulfide) groups is 1. The Hall–Kier alpha value is -3.16. The number of aryl methyl sites for hydroxylation is 2. The Labute approximate surface area is 203 Å². The molecule has 176 valence electrons. The van der Waals surface area contributed by atoms with Crippen molar-refractivity contribution in [1.82, 2.24) is 14.1 Å². The van der Waals surface area contributed by atoms with Crippen molar-refractivity contribution < 1.29 is 9.53 Å². The fourth-order valence-electron chi connectivity index (χ4n) is 4.47. The van der Waals surface area contributed by atoms with Gasteiger partial charge in [0.15, 0.2) is 10.9 Å². The van der Waals surface area contributed by atoms with Gasteiger partial charge in [0.05, 0.1) is 35.0 Å². The maximum atomic E-state index is 13.4. The second-order valence-corrected chi connectivity index (χ2v) is 9.50. The number of para-hydroxylation sites is 1.